The summed E-state index contributed by atoms with van der Waals surface area (Å²) in [7, 11) is 0. The Hall–Kier alpha value is -1.40. The zero-order valence-corrected chi connectivity index (χ0v) is 11.8. The third-order valence-corrected chi connectivity index (χ3v) is 4.06. The van der Waals surface area contributed by atoms with Crippen molar-refractivity contribution in [2.75, 3.05) is 18.0 Å². The summed E-state index contributed by atoms with van der Waals surface area (Å²) in [5.41, 5.74) is 0.00222. The molecule has 1 aliphatic carbocycles. The van der Waals surface area contributed by atoms with Gasteiger partial charge in [0, 0.05) is 30.9 Å². The number of hydrogen-bond acceptors (Lipinski definition) is 5. The number of pyridine rings is 1. The Morgan fingerprint density at radius 2 is 2.30 bits per heavy atom. The van der Waals surface area contributed by atoms with Crippen LogP contribution in [0.15, 0.2) is 12.3 Å². The minimum atomic E-state index is -0.397. The Morgan fingerprint density at radius 1 is 1.50 bits per heavy atom. The van der Waals surface area contributed by atoms with E-state index in [1.807, 2.05) is 0 Å². The minimum Gasteiger partial charge on any atom is -0.346 e. The normalized spacial score (nSPS) is 21.9. The van der Waals surface area contributed by atoms with Crippen LogP contribution in [0.1, 0.15) is 25.7 Å². The van der Waals surface area contributed by atoms with Crippen LogP contribution >= 0.6 is 11.6 Å². The third-order valence-electron chi connectivity index (χ3n) is 3.85. The summed E-state index contributed by atoms with van der Waals surface area (Å²) in [6.45, 7) is 1.81. The quantitative estimate of drug-likeness (QED) is 0.667. The van der Waals surface area contributed by atoms with Gasteiger partial charge in [-0.2, -0.15) is 0 Å². The molecule has 0 aromatic carbocycles. The molecule has 2 fully saturated rings. The Balaban J connectivity index is 1.88. The lowest BCUT2D eigenvalue weighted by Gasteiger charge is -2.26. The Bertz CT molecular complexity index is 515. The van der Waals surface area contributed by atoms with Crippen LogP contribution in [0, 0.1) is 10.1 Å². The van der Waals surface area contributed by atoms with Crippen molar-refractivity contribution >= 4 is 23.1 Å². The lowest BCUT2D eigenvalue weighted by Crippen LogP contribution is -2.39. The van der Waals surface area contributed by atoms with Crippen molar-refractivity contribution in [2.24, 2.45) is 0 Å². The third kappa shape index (κ3) is 2.86. The van der Waals surface area contributed by atoms with E-state index in [9.17, 15) is 10.1 Å². The summed E-state index contributed by atoms with van der Waals surface area (Å²) < 4.78 is 0. The van der Waals surface area contributed by atoms with Crippen molar-refractivity contribution in [3.63, 3.8) is 0 Å². The predicted octanol–water partition coefficient (Wildman–Crippen LogP) is 2.36. The van der Waals surface area contributed by atoms with Gasteiger partial charge in [-0.3, -0.25) is 10.1 Å². The molecule has 7 heteroatoms. The summed E-state index contributed by atoms with van der Waals surface area (Å²) >= 11 is 5.83. The average Bonchev–Trinajstić information content (AvgIpc) is 3.13. The largest absolute Gasteiger partial charge is 0.346 e. The topological polar surface area (TPSA) is 71.3 Å². The van der Waals surface area contributed by atoms with Gasteiger partial charge in [0.05, 0.1) is 9.95 Å². The van der Waals surface area contributed by atoms with Gasteiger partial charge < -0.3 is 10.2 Å². The van der Waals surface area contributed by atoms with Crippen molar-refractivity contribution in [3.05, 3.63) is 27.4 Å². The smallest absolute Gasteiger partial charge is 0.313 e. The molecule has 0 spiro atoms. The van der Waals surface area contributed by atoms with E-state index in [0.717, 1.165) is 32.4 Å². The van der Waals surface area contributed by atoms with Crippen LogP contribution in [-0.2, 0) is 0 Å². The highest BCUT2D eigenvalue weighted by Crippen LogP contribution is 2.36. The van der Waals surface area contributed by atoms with E-state index < -0.39 is 4.92 Å². The molecule has 0 bridgehead atoms. The van der Waals surface area contributed by atoms with Crippen LogP contribution in [0.4, 0.5) is 11.5 Å². The molecule has 0 amide bonds. The molecule has 1 saturated heterocycles. The monoisotopic (exact) mass is 296 g/mol. The van der Waals surface area contributed by atoms with Crippen molar-refractivity contribution < 1.29 is 4.92 Å². The van der Waals surface area contributed by atoms with Crippen molar-refractivity contribution in [1.82, 2.24) is 10.3 Å². The molecule has 0 radical (unpaired) electrons. The molecule has 3 rings (SSSR count). The molecule has 1 atom stereocenters. The van der Waals surface area contributed by atoms with Gasteiger partial charge >= 0.3 is 5.69 Å². The van der Waals surface area contributed by atoms with Crippen molar-refractivity contribution in [2.45, 2.75) is 37.8 Å². The fourth-order valence-electron chi connectivity index (χ4n) is 2.72. The Kier molecular flexibility index (Phi) is 3.76. The van der Waals surface area contributed by atoms with Gasteiger partial charge in [0.15, 0.2) is 0 Å². The highest BCUT2D eigenvalue weighted by atomic mass is 35.5. The maximum absolute atomic E-state index is 11.2. The molecule has 1 N–H and O–H groups in total. The number of nitrogens with zero attached hydrogens (tertiary/aromatic N) is 3. The Labute approximate surface area is 122 Å². The van der Waals surface area contributed by atoms with Crippen LogP contribution in [0.5, 0.6) is 0 Å². The van der Waals surface area contributed by atoms with Crippen LogP contribution < -0.4 is 10.2 Å². The molecule has 1 saturated carbocycles. The van der Waals surface area contributed by atoms with E-state index in [4.69, 9.17) is 11.6 Å². The number of hydrogen-bond donors (Lipinski definition) is 1. The zero-order chi connectivity index (χ0) is 14.1. The molecule has 6 nitrogen and oxygen atoms in total. The van der Waals surface area contributed by atoms with E-state index in [1.54, 1.807) is 0 Å². The van der Waals surface area contributed by atoms with Crippen molar-refractivity contribution in [1.29, 1.82) is 0 Å². The molecule has 2 heterocycles. The standard InChI is InChI=1S/C13H17ClN4O2/c14-9-6-12(18(19)20)13(16-7-9)17(11-3-4-11)8-10-2-1-5-15-10/h6-7,10-11,15H,1-5,8H2. The first kappa shape index (κ1) is 13.6. The summed E-state index contributed by atoms with van der Waals surface area (Å²) in [5, 5.41) is 15.0. The van der Waals surface area contributed by atoms with E-state index in [-0.39, 0.29) is 5.69 Å². The first-order valence-corrected chi connectivity index (χ1v) is 7.33. The van der Waals surface area contributed by atoms with Crippen LogP contribution in [0.3, 0.4) is 0 Å². The van der Waals surface area contributed by atoms with E-state index in [2.05, 4.69) is 15.2 Å². The molecule has 1 aromatic heterocycles. The second-order valence-electron chi connectivity index (χ2n) is 5.43. The molecule has 20 heavy (non-hydrogen) atoms. The molecule has 108 valence electrons. The van der Waals surface area contributed by atoms with Crippen molar-refractivity contribution in [3.8, 4) is 0 Å². The zero-order valence-electron chi connectivity index (χ0n) is 11.1. The number of halogens is 1. The minimum absolute atomic E-state index is 0.00222. The van der Waals surface area contributed by atoms with Crippen LogP contribution in [0.2, 0.25) is 5.02 Å². The van der Waals surface area contributed by atoms with Gasteiger partial charge in [0.25, 0.3) is 0 Å². The predicted molar refractivity (Wildman–Crippen MR) is 77.3 cm³/mol. The van der Waals surface area contributed by atoms with Gasteiger partial charge in [0.2, 0.25) is 5.82 Å². The van der Waals surface area contributed by atoms with E-state index in [0.29, 0.717) is 22.9 Å². The van der Waals surface area contributed by atoms with Gasteiger partial charge in [-0.25, -0.2) is 4.98 Å². The fraction of sp³-hybridized carbons (Fsp3) is 0.615. The maximum Gasteiger partial charge on any atom is 0.313 e. The van der Waals surface area contributed by atoms with E-state index >= 15 is 0 Å². The number of rotatable bonds is 5. The molecular formula is C13H17ClN4O2. The molecular weight excluding hydrogens is 280 g/mol. The van der Waals surface area contributed by atoms with Crippen LogP contribution in [-0.4, -0.2) is 35.1 Å². The molecule has 1 unspecified atom stereocenters. The summed E-state index contributed by atoms with van der Waals surface area (Å²) in [6, 6.07) is 2.17. The van der Waals surface area contributed by atoms with E-state index in [1.165, 1.54) is 18.7 Å². The highest BCUT2D eigenvalue weighted by molar-refractivity contribution is 6.30. The number of nitro groups is 1. The molecule has 1 aromatic rings. The van der Waals surface area contributed by atoms with Gasteiger partial charge in [-0.05, 0) is 32.2 Å². The second-order valence-corrected chi connectivity index (χ2v) is 5.87. The highest BCUT2D eigenvalue weighted by Gasteiger charge is 2.35. The fourth-order valence-corrected chi connectivity index (χ4v) is 2.87. The summed E-state index contributed by atoms with van der Waals surface area (Å²) in [6.07, 6.45) is 5.92. The number of anilines is 1. The lowest BCUT2D eigenvalue weighted by atomic mass is 10.2. The number of aromatic nitrogens is 1. The lowest BCUT2D eigenvalue weighted by molar-refractivity contribution is -0.384. The molecule has 2 aliphatic rings. The number of nitrogens with one attached hydrogen (secondary N) is 1. The first-order chi connectivity index (χ1) is 9.65. The maximum atomic E-state index is 11.2. The first-order valence-electron chi connectivity index (χ1n) is 6.95. The second kappa shape index (κ2) is 5.54. The molecule has 1 aliphatic heterocycles. The summed E-state index contributed by atoms with van der Waals surface area (Å²) in [4.78, 5) is 17.1. The van der Waals surface area contributed by atoms with Gasteiger partial charge in [0.1, 0.15) is 0 Å². The summed E-state index contributed by atoms with van der Waals surface area (Å²) in [5.74, 6) is 0.454. The average molecular weight is 297 g/mol. The van der Waals surface area contributed by atoms with Crippen LogP contribution in [0.25, 0.3) is 0 Å². The SMILES string of the molecule is O=[N+]([O-])c1cc(Cl)cnc1N(CC1CCCN1)C1CC1. The van der Waals surface area contributed by atoms with Gasteiger partial charge in [-0.15, -0.1) is 0 Å². The van der Waals surface area contributed by atoms with Gasteiger partial charge in [-0.1, -0.05) is 11.6 Å². The Morgan fingerprint density at radius 3 is 2.90 bits per heavy atom.